The standard InChI is InChI=1S/C43H72O16/c1-20(2)42(55,19-56-35-33(52)31(50)29(48)23(16-44)57-35)12-9-21(3)22-10-11-39(5)25-7-8-26-40(6,37(54)59-36-34(53)32(51)30(49)24(17-45)58-36)27(46)15-28(47)43(26)18-41(25,43)14-13-38(22,39)4/h20-36,44-53,55H,7-19H2,1-6H3. The van der Waals surface area contributed by atoms with Crippen LogP contribution < -0.4 is 0 Å². The third kappa shape index (κ3) is 6.63. The van der Waals surface area contributed by atoms with Gasteiger partial charge in [0.1, 0.15) is 48.8 Å². The molecule has 2 saturated heterocycles. The first kappa shape index (κ1) is 45.9. The Morgan fingerprint density at radius 3 is 1.90 bits per heavy atom. The first-order valence-electron chi connectivity index (χ1n) is 22.1. The largest absolute Gasteiger partial charge is 0.432 e. The summed E-state index contributed by atoms with van der Waals surface area (Å²) in [5.74, 6) is -0.624. The van der Waals surface area contributed by atoms with E-state index in [9.17, 15) is 61.0 Å². The Morgan fingerprint density at radius 1 is 0.729 bits per heavy atom. The van der Waals surface area contributed by atoms with Crippen molar-refractivity contribution in [2.45, 2.75) is 185 Å². The number of fused-ring (bicyclic) bond motifs is 2. The summed E-state index contributed by atoms with van der Waals surface area (Å²) in [6, 6.07) is 0. The molecule has 2 spiro atoms. The van der Waals surface area contributed by atoms with Gasteiger partial charge in [0.15, 0.2) is 6.29 Å². The molecule has 11 N–H and O–H groups in total. The highest BCUT2D eigenvalue weighted by Gasteiger charge is 2.86. The molecular weight excluding hydrogens is 772 g/mol. The molecule has 0 aromatic heterocycles. The number of hydrogen-bond acceptors (Lipinski definition) is 16. The summed E-state index contributed by atoms with van der Waals surface area (Å²) in [5.41, 5.74) is -3.74. The van der Waals surface area contributed by atoms with Crippen LogP contribution in [0.2, 0.25) is 0 Å². The average molecular weight is 845 g/mol. The Balaban J connectivity index is 1.05. The Bertz CT molecular complexity index is 1530. The molecule has 0 aromatic rings. The monoisotopic (exact) mass is 844 g/mol. The molecule has 2 heterocycles. The van der Waals surface area contributed by atoms with Gasteiger partial charge in [-0.15, -0.1) is 0 Å². The molecule has 16 heteroatoms. The minimum atomic E-state index is -1.78. The number of ether oxygens (including phenoxy) is 4. The van der Waals surface area contributed by atoms with Crippen molar-refractivity contribution in [3.05, 3.63) is 0 Å². The highest BCUT2D eigenvalue weighted by atomic mass is 16.7. The maximum absolute atomic E-state index is 14.2. The molecule has 7 fully saturated rings. The van der Waals surface area contributed by atoms with Gasteiger partial charge in [-0.3, -0.25) is 4.79 Å². The lowest BCUT2D eigenvalue weighted by atomic mass is 9.41. The predicted molar refractivity (Wildman–Crippen MR) is 206 cm³/mol. The van der Waals surface area contributed by atoms with Gasteiger partial charge in [0.05, 0.1) is 43.0 Å². The van der Waals surface area contributed by atoms with E-state index in [2.05, 4.69) is 20.8 Å². The number of aliphatic hydroxyl groups excluding tert-OH is 10. The molecule has 16 nitrogen and oxygen atoms in total. The summed E-state index contributed by atoms with van der Waals surface area (Å²) in [6.07, 6.45) is -10.3. The molecule has 0 aromatic carbocycles. The predicted octanol–water partition coefficient (Wildman–Crippen LogP) is -0.300. The van der Waals surface area contributed by atoms with Crippen molar-refractivity contribution in [3.8, 4) is 0 Å². The molecule has 7 aliphatic rings. The van der Waals surface area contributed by atoms with Crippen LogP contribution in [0.5, 0.6) is 0 Å². The lowest BCUT2D eigenvalue weighted by molar-refractivity contribution is -0.310. The van der Waals surface area contributed by atoms with Crippen LogP contribution in [0.15, 0.2) is 0 Å². The van der Waals surface area contributed by atoms with Gasteiger partial charge < -0.3 is 75.1 Å². The van der Waals surface area contributed by atoms with Gasteiger partial charge in [-0.1, -0.05) is 34.6 Å². The average Bonchev–Trinajstić information content (AvgIpc) is 3.82. The zero-order valence-corrected chi connectivity index (χ0v) is 35.5. The van der Waals surface area contributed by atoms with Crippen LogP contribution in [-0.2, 0) is 23.7 Å². The lowest BCUT2D eigenvalue weighted by Gasteiger charge is -2.63. The van der Waals surface area contributed by atoms with E-state index in [-0.39, 0.29) is 47.0 Å². The second-order valence-electron chi connectivity index (χ2n) is 21.0. The van der Waals surface area contributed by atoms with E-state index < -0.39 is 115 Å². The molecule has 22 unspecified atom stereocenters. The van der Waals surface area contributed by atoms with Crippen LogP contribution in [0.4, 0.5) is 0 Å². The quantitative estimate of drug-likeness (QED) is 0.113. The Labute approximate surface area is 346 Å². The van der Waals surface area contributed by atoms with E-state index >= 15 is 0 Å². The smallest absolute Gasteiger partial charge is 0.317 e. The molecule has 2 aliphatic heterocycles. The van der Waals surface area contributed by atoms with Crippen LogP contribution in [0.3, 0.4) is 0 Å². The SMILES string of the molecule is CC(CCC(O)(COC1OC(CO)C(O)C(O)C1O)C(C)C)C1CCC2(C)C3CCC4C(C)(C(=O)OC5OC(CO)C(O)C(O)C5O)C(O)CC(O)C45CC35CCC12C. The van der Waals surface area contributed by atoms with E-state index in [1.165, 1.54) is 0 Å². The van der Waals surface area contributed by atoms with Crippen molar-refractivity contribution < 1.29 is 79.9 Å². The minimum absolute atomic E-state index is 0.0161. The van der Waals surface area contributed by atoms with E-state index in [0.717, 1.165) is 38.5 Å². The molecule has 0 bridgehead atoms. The Kier molecular flexibility index (Phi) is 12.3. The number of esters is 1. The van der Waals surface area contributed by atoms with Gasteiger partial charge in [0.25, 0.3) is 0 Å². The topological polar surface area (TPSA) is 277 Å². The zero-order chi connectivity index (χ0) is 43.4. The summed E-state index contributed by atoms with van der Waals surface area (Å²) >= 11 is 0. The summed E-state index contributed by atoms with van der Waals surface area (Å²) in [7, 11) is 0. The number of carbonyl (C=O) groups is 1. The fraction of sp³-hybridized carbons (Fsp3) is 0.977. The lowest BCUT2D eigenvalue weighted by Crippen LogP contribution is -2.65. The van der Waals surface area contributed by atoms with Gasteiger partial charge in [-0.25, -0.2) is 0 Å². The molecule has 0 radical (unpaired) electrons. The van der Waals surface area contributed by atoms with Crippen LogP contribution in [-0.4, -0.2) is 161 Å². The molecule has 22 atom stereocenters. The van der Waals surface area contributed by atoms with Crippen LogP contribution in [0.1, 0.15) is 106 Å². The van der Waals surface area contributed by atoms with Crippen molar-refractivity contribution in [1.29, 1.82) is 0 Å². The summed E-state index contributed by atoms with van der Waals surface area (Å²) < 4.78 is 22.6. The number of carbonyl (C=O) groups excluding carboxylic acids is 1. The normalized spacial score (nSPS) is 53.4. The second kappa shape index (κ2) is 15.9. The molecular formula is C43H72O16. The van der Waals surface area contributed by atoms with Crippen LogP contribution >= 0.6 is 0 Å². The highest BCUT2D eigenvalue weighted by molar-refractivity contribution is 5.78. The molecule has 5 aliphatic carbocycles. The highest BCUT2D eigenvalue weighted by Crippen LogP contribution is 2.89. The Hall–Kier alpha value is -1.09. The Morgan fingerprint density at radius 2 is 1.31 bits per heavy atom. The second-order valence-corrected chi connectivity index (χ2v) is 21.0. The van der Waals surface area contributed by atoms with E-state index in [0.29, 0.717) is 25.2 Å². The van der Waals surface area contributed by atoms with Crippen molar-refractivity contribution in [2.75, 3.05) is 19.8 Å². The van der Waals surface area contributed by atoms with Gasteiger partial charge in [0.2, 0.25) is 6.29 Å². The fourth-order valence-electron chi connectivity index (χ4n) is 14.3. The summed E-state index contributed by atoms with van der Waals surface area (Å²) in [6.45, 7) is 11.1. The van der Waals surface area contributed by atoms with E-state index in [1.54, 1.807) is 6.92 Å². The van der Waals surface area contributed by atoms with E-state index in [4.69, 9.17) is 18.9 Å². The van der Waals surface area contributed by atoms with Crippen molar-refractivity contribution >= 4 is 5.97 Å². The first-order valence-corrected chi connectivity index (χ1v) is 22.1. The van der Waals surface area contributed by atoms with Gasteiger partial charge in [0, 0.05) is 11.8 Å². The van der Waals surface area contributed by atoms with Crippen molar-refractivity contribution in [2.24, 2.45) is 56.7 Å². The van der Waals surface area contributed by atoms with Crippen molar-refractivity contribution in [3.63, 3.8) is 0 Å². The molecule has 0 amide bonds. The van der Waals surface area contributed by atoms with Gasteiger partial charge in [-0.2, -0.15) is 0 Å². The summed E-state index contributed by atoms with van der Waals surface area (Å²) in [5, 5.41) is 117. The third-order valence-corrected chi connectivity index (χ3v) is 18.5. The van der Waals surface area contributed by atoms with Crippen molar-refractivity contribution in [1.82, 2.24) is 0 Å². The number of hydrogen-bond donors (Lipinski definition) is 11. The maximum atomic E-state index is 14.2. The van der Waals surface area contributed by atoms with Gasteiger partial charge in [-0.05, 0) is 111 Å². The third-order valence-electron chi connectivity index (χ3n) is 18.5. The van der Waals surface area contributed by atoms with E-state index in [1.807, 2.05) is 13.8 Å². The van der Waals surface area contributed by atoms with Crippen LogP contribution in [0.25, 0.3) is 0 Å². The molecule has 7 rings (SSSR count). The molecule has 340 valence electrons. The first-order chi connectivity index (χ1) is 27.5. The summed E-state index contributed by atoms with van der Waals surface area (Å²) in [4.78, 5) is 14.2. The molecule has 5 saturated carbocycles. The van der Waals surface area contributed by atoms with Crippen LogP contribution in [0, 0.1) is 56.7 Å². The zero-order valence-electron chi connectivity index (χ0n) is 35.5. The fourth-order valence-corrected chi connectivity index (χ4v) is 14.3. The number of aliphatic hydroxyl groups is 11. The van der Waals surface area contributed by atoms with Gasteiger partial charge >= 0.3 is 5.97 Å². The number of rotatable bonds is 12. The molecule has 59 heavy (non-hydrogen) atoms. The maximum Gasteiger partial charge on any atom is 0.317 e. The minimum Gasteiger partial charge on any atom is -0.432 e.